The summed E-state index contributed by atoms with van der Waals surface area (Å²) in [5, 5.41) is 5.83. The molecule has 2 amide bonds. The third kappa shape index (κ3) is 5.79. The van der Waals surface area contributed by atoms with Gasteiger partial charge in [-0.2, -0.15) is 0 Å². The van der Waals surface area contributed by atoms with Gasteiger partial charge in [0.2, 0.25) is 0 Å². The molecule has 3 heterocycles. The number of hydrogen-bond acceptors (Lipinski definition) is 7. The quantitative estimate of drug-likeness (QED) is 0.696. The maximum absolute atomic E-state index is 12.0. The third-order valence-corrected chi connectivity index (χ3v) is 6.23. The summed E-state index contributed by atoms with van der Waals surface area (Å²) in [6.45, 7) is 8.47. The van der Waals surface area contributed by atoms with E-state index in [0.717, 1.165) is 75.0 Å². The number of amides is 2. The predicted molar refractivity (Wildman–Crippen MR) is 126 cm³/mol. The van der Waals surface area contributed by atoms with Gasteiger partial charge in [0.1, 0.15) is 5.82 Å². The van der Waals surface area contributed by atoms with Crippen LogP contribution in [-0.4, -0.2) is 79.0 Å². The maximum Gasteiger partial charge on any atom is 0.319 e. The highest BCUT2D eigenvalue weighted by molar-refractivity contribution is 5.89. The Hall–Kier alpha value is -2.75. The van der Waals surface area contributed by atoms with Crippen LogP contribution in [0.4, 0.5) is 16.3 Å². The Morgan fingerprint density at radius 2 is 1.82 bits per heavy atom. The second kappa shape index (κ2) is 10.0. The fraction of sp³-hybridized carbons (Fsp3) is 0.542. The Balaban J connectivity index is 1.38. The van der Waals surface area contributed by atoms with Crippen molar-refractivity contribution < 1.29 is 14.3 Å². The van der Waals surface area contributed by atoms with Gasteiger partial charge >= 0.3 is 6.03 Å². The highest BCUT2D eigenvalue weighted by Crippen LogP contribution is 2.25. The number of benzene rings is 1. The van der Waals surface area contributed by atoms with Crippen molar-refractivity contribution in [2.75, 3.05) is 56.3 Å². The molecule has 9 heteroatoms. The van der Waals surface area contributed by atoms with E-state index in [2.05, 4.69) is 33.4 Å². The first-order chi connectivity index (χ1) is 16.1. The van der Waals surface area contributed by atoms with Crippen molar-refractivity contribution in [3.05, 3.63) is 36.0 Å². The van der Waals surface area contributed by atoms with Crippen LogP contribution in [0.25, 0.3) is 11.4 Å². The molecule has 0 radical (unpaired) electrons. The van der Waals surface area contributed by atoms with E-state index in [-0.39, 0.29) is 12.1 Å². The van der Waals surface area contributed by atoms with Gasteiger partial charge in [0.05, 0.1) is 38.2 Å². The van der Waals surface area contributed by atoms with Crippen LogP contribution < -0.4 is 15.5 Å². The van der Waals surface area contributed by atoms with E-state index in [1.165, 1.54) is 0 Å². The average Bonchev–Trinajstić information content (AvgIpc) is 3.64. The summed E-state index contributed by atoms with van der Waals surface area (Å²) in [5.74, 6) is 1.63. The number of nitrogens with one attached hydrogen (secondary N) is 2. The first kappa shape index (κ1) is 22.1. The van der Waals surface area contributed by atoms with Crippen molar-refractivity contribution in [1.82, 2.24) is 20.2 Å². The summed E-state index contributed by atoms with van der Waals surface area (Å²) in [6, 6.07) is 10.3. The van der Waals surface area contributed by atoms with Gasteiger partial charge in [0.15, 0.2) is 5.82 Å². The highest BCUT2D eigenvalue weighted by atomic mass is 16.5. The number of carbonyl (C=O) groups excluding carboxylic acids is 1. The Morgan fingerprint density at radius 1 is 1.06 bits per heavy atom. The molecule has 3 aliphatic rings. The molecule has 33 heavy (non-hydrogen) atoms. The van der Waals surface area contributed by atoms with Gasteiger partial charge in [-0.05, 0) is 44.0 Å². The van der Waals surface area contributed by atoms with Crippen LogP contribution in [-0.2, 0) is 16.0 Å². The van der Waals surface area contributed by atoms with E-state index < -0.39 is 0 Å². The van der Waals surface area contributed by atoms with E-state index in [0.29, 0.717) is 25.1 Å². The zero-order valence-electron chi connectivity index (χ0n) is 19.1. The number of carbonyl (C=O) groups is 1. The van der Waals surface area contributed by atoms with Crippen molar-refractivity contribution >= 4 is 17.5 Å². The highest BCUT2D eigenvalue weighted by Gasteiger charge is 2.24. The molecule has 1 aliphatic carbocycles. The number of urea groups is 1. The Kier molecular flexibility index (Phi) is 6.70. The number of rotatable bonds is 6. The van der Waals surface area contributed by atoms with Gasteiger partial charge in [-0.15, -0.1) is 0 Å². The Morgan fingerprint density at radius 3 is 2.55 bits per heavy atom. The first-order valence-electron chi connectivity index (χ1n) is 11.8. The number of aromatic nitrogens is 2. The SMILES string of the molecule is C[C@H]1COCCN1c1cc(CN2CCOCC2)nc(-c2ccc(NC(=O)NC3CC3)cc2)n1. The van der Waals surface area contributed by atoms with Crippen LogP contribution in [0.15, 0.2) is 30.3 Å². The summed E-state index contributed by atoms with van der Waals surface area (Å²) in [7, 11) is 0. The normalized spacial score (nSPS) is 21.6. The lowest BCUT2D eigenvalue weighted by atomic mass is 10.1. The molecular weight excluding hydrogens is 420 g/mol. The lowest BCUT2D eigenvalue weighted by Gasteiger charge is -2.34. The molecule has 0 unspecified atom stereocenters. The third-order valence-electron chi connectivity index (χ3n) is 6.23. The molecule has 3 fully saturated rings. The van der Waals surface area contributed by atoms with Crippen LogP contribution in [0.2, 0.25) is 0 Å². The number of morpholine rings is 2. The van der Waals surface area contributed by atoms with Crippen LogP contribution in [0, 0.1) is 0 Å². The molecule has 2 N–H and O–H groups in total. The van der Waals surface area contributed by atoms with Gasteiger partial charge < -0.3 is 25.0 Å². The smallest absolute Gasteiger partial charge is 0.319 e. The standard InChI is InChI=1S/C24H32N6O3/c1-17-16-33-13-10-30(17)22-14-21(15-29-8-11-32-12-9-29)25-23(28-22)18-2-4-19(5-3-18)26-24(31)27-20-6-7-20/h2-5,14,17,20H,6-13,15-16H2,1H3,(H2,26,27,31)/t17-/m0/s1. The molecule has 1 aromatic carbocycles. The second-order valence-corrected chi connectivity index (χ2v) is 9.00. The van der Waals surface area contributed by atoms with Crippen LogP contribution in [0.3, 0.4) is 0 Å². The molecule has 2 aromatic rings. The molecule has 2 saturated heterocycles. The monoisotopic (exact) mass is 452 g/mol. The van der Waals surface area contributed by atoms with E-state index >= 15 is 0 Å². The molecule has 9 nitrogen and oxygen atoms in total. The van der Waals surface area contributed by atoms with Crippen LogP contribution >= 0.6 is 0 Å². The van der Waals surface area contributed by atoms with Gasteiger partial charge in [-0.25, -0.2) is 14.8 Å². The Labute approximate surface area is 194 Å². The predicted octanol–water partition coefficient (Wildman–Crippen LogP) is 2.48. The minimum atomic E-state index is -0.155. The molecule has 5 rings (SSSR count). The van der Waals surface area contributed by atoms with Gasteiger partial charge in [0, 0.05) is 49.5 Å². The first-order valence-corrected chi connectivity index (χ1v) is 11.8. The molecule has 1 saturated carbocycles. The molecular formula is C24H32N6O3. The largest absolute Gasteiger partial charge is 0.379 e. The van der Waals surface area contributed by atoms with Gasteiger partial charge in [0.25, 0.3) is 0 Å². The number of nitrogens with zero attached hydrogens (tertiary/aromatic N) is 4. The molecule has 2 aliphatic heterocycles. The van der Waals surface area contributed by atoms with Crippen molar-refractivity contribution in [1.29, 1.82) is 0 Å². The lowest BCUT2D eigenvalue weighted by Crippen LogP contribution is -2.44. The van der Waals surface area contributed by atoms with E-state index in [4.69, 9.17) is 19.4 Å². The zero-order valence-corrected chi connectivity index (χ0v) is 19.1. The summed E-state index contributed by atoms with van der Waals surface area (Å²) >= 11 is 0. The molecule has 1 atom stereocenters. The van der Waals surface area contributed by atoms with Crippen LogP contribution in [0.5, 0.6) is 0 Å². The summed E-state index contributed by atoms with van der Waals surface area (Å²) < 4.78 is 11.1. The Bertz CT molecular complexity index is 959. The van der Waals surface area contributed by atoms with Crippen molar-refractivity contribution in [2.24, 2.45) is 0 Å². The summed E-state index contributed by atoms with van der Waals surface area (Å²) in [4.78, 5) is 26.5. The molecule has 1 aromatic heterocycles. The zero-order chi connectivity index (χ0) is 22.6. The van der Waals surface area contributed by atoms with E-state index in [1.54, 1.807) is 0 Å². The summed E-state index contributed by atoms with van der Waals surface area (Å²) in [6.07, 6.45) is 2.13. The second-order valence-electron chi connectivity index (χ2n) is 9.00. The molecule has 0 spiro atoms. The van der Waals surface area contributed by atoms with Crippen LogP contribution in [0.1, 0.15) is 25.5 Å². The number of ether oxygens (including phenoxy) is 2. The number of anilines is 2. The fourth-order valence-electron chi connectivity index (χ4n) is 4.18. The topological polar surface area (TPSA) is 91.9 Å². The van der Waals surface area contributed by atoms with Gasteiger partial charge in [-0.3, -0.25) is 4.90 Å². The molecule has 0 bridgehead atoms. The van der Waals surface area contributed by atoms with E-state index in [9.17, 15) is 4.79 Å². The van der Waals surface area contributed by atoms with Crippen molar-refractivity contribution in [3.63, 3.8) is 0 Å². The van der Waals surface area contributed by atoms with Gasteiger partial charge in [-0.1, -0.05) is 0 Å². The van der Waals surface area contributed by atoms with Crippen molar-refractivity contribution in [3.8, 4) is 11.4 Å². The van der Waals surface area contributed by atoms with Crippen molar-refractivity contribution in [2.45, 2.75) is 38.4 Å². The minimum Gasteiger partial charge on any atom is -0.379 e. The summed E-state index contributed by atoms with van der Waals surface area (Å²) in [5.41, 5.74) is 2.68. The van der Waals surface area contributed by atoms with E-state index in [1.807, 2.05) is 24.3 Å². The minimum absolute atomic E-state index is 0.155. The average molecular weight is 453 g/mol. The number of hydrogen-bond donors (Lipinski definition) is 2. The fourth-order valence-corrected chi connectivity index (χ4v) is 4.18. The lowest BCUT2D eigenvalue weighted by molar-refractivity contribution is 0.0336. The molecule has 176 valence electrons. The maximum atomic E-state index is 12.0.